The average molecular weight is 426 g/mol. The molecule has 0 radical (unpaired) electrons. The molecular formula is C24H18N4O4. The highest BCUT2D eigenvalue weighted by molar-refractivity contribution is 6.11. The number of pyridine rings is 1. The minimum absolute atomic E-state index is 0.205. The number of hydrogen-bond donors (Lipinski definition) is 3. The van der Waals surface area contributed by atoms with Crippen molar-refractivity contribution in [2.45, 2.75) is 6.61 Å². The maximum absolute atomic E-state index is 13.0. The van der Waals surface area contributed by atoms with Gasteiger partial charge in [0.25, 0.3) is 0 Å². The summed E-state index contributed by atoms with van der Waals surface area (Å²) < 4.78 is 10.7. The lowest BCUT2D eigenvalue weighted by Gasteiger charge is -2.06. The van der Waals surface area contributed by atoms with E-state index in [1.165, 1.54) is 6.20 Å². The number of primary amides is 1. The van der Waals surface area contributed by atoms with Gasteiger partial charge < -0.3 is 25.2 Å². The van der Waals surface area contributed by atoms with E-state index < -0.39 is 6.09 Å². The van der Waals surface area contributed by atoms with Crippen LogP contribution >= 0.6 is 0 Å². The molecule has 0 aliphatic rings. The van der Waals surface area contributed by atoms with Gasteiger partial charge in [0.05, 0.1) is 17.6 Å². The van der Waals surface area contributed by atoms with Crippen LogP contribution in [0.1, 0.15) is 21.7 Å². The molecule has 158 valence electrons. The molecule has 0 unspecified atom stereocenters. The predicted molar refractivity (Wildman–Crippen MR) is 119 cm³/mol. The lowest BCUT2D eigenvalue weighted by molar-refractivity contribution is 0.103. The summed E-state index contributed by atoms with van der Waals surface area (Å²) in [6.07, 6.45) is 0.431. The third-order valence-electron chi connectivity index (χ3n) is 4.99. The van der Waals surface area contributed by atoms with Crippen molar-refractivity contribution in [3.63, 3.8) is 0 Å². The van der Waals surface area contributed by atoms with Gasteiger partial charge in [0.1, 0.15) is 18.0 Å². The van der Waals surface area contributed by atoms with Crippen molar-refractivity contribution in [1.82, 2.24) is 15.0 Å². The number of hydrogen-bond acceptors (Lipinski definition) is 5. The maximum atomic E-state index is 13.0. The Hall–Kier alpha value is -4.59. The molecule has 4 N–H and O–H groups in total. The fraction of sp³-hybridized carbons (Fsp3) is 0.0417. The number of ketones is 1. The number of nitrogens with one attached hydrogen (secondary N) is 2. The van der Waals surface area contributed by atoms with E-state index in [1.54, 1.807) is 18.2 Å². The quantitative estimate of drug-likeness (QED) is 0.349. The molecule has 8 heteroatoms. The number of aromatic amines is 2. The van der Waals surface area contributed by atoms with Crippen molar-refractivity contribution in [3.05, 3.63) is 89.9 Å². The highest BCUT2D eigenvalue weighted by Crippen LogP contribution is 2.25. The van der Waals surface area contributed by atoms with E-state index in [9.17, 15) is 9.59 Å². The normalized spacial score (nSPS) is 11.0. The number of amides is 1. The molecule has 3 aromatic heterocycles. The van der Waals surface area contributed by atoms with Crippen LogP contribution in [0.4, 0.5) is 4.79 Å². The first-order valence-electron chi connectivity index (χ1n) is 9.85. The molecule has 0 atom stereocenters. The zero-order chi connectivity index (χ0) is 22.1. The van der Waals surface area contributed by atoms with Crippen molar-refractivity contribution >= 4 is 33.8 Å². The van der Waals surface area contributed by atoms with Crippen LogP contribution in [-0.2, 0) is 6.61 Å². The van der Waals surface area contributed by atoms with E-state index in [1.807, 2.05) is 48.5 Å². The molecule has 0 fully saturated rings. The summed E-state index contributed by atoms with van der Waals surface area (Å²) in [6, 6.07) is 20.6. The van der Waals surface area contributed by atoms with Crippen molar-refractivity contribution < 1.29 is 19.1 Å². The van der Waals surface area contributed by atoms with Crippen molar-refractivity contribution in [2.24, 2.45) is 5.73 Å². The first kappa shape index (κ1) is 19.4. The molecule has 5 aromatic rings. The first-order valence-corrected chi connectivity index (χ1v) is 9.85. The second-order valence-electron chi connectivity index (χ2n) is 7.25. The van der Waals surface area contributed by atoms with Crippen LogP contribution in [0.3, 0.4) is 0 Å². The number of nitrogens with zero attached hydrogens (tertiary/aromatic N) is 1. The maximum Gasteiger partial charge on any atom is 0.410 e. The van der Waals surface area contributed by atoms with Crippen LogP contribution in [0, 0.1) is 0 Å². The van der Waals surface area contributed by atoms with Crippen molar-refractivity contribution in [3.8, 4) is 11.5 Å². The van der Waals surface area contributed by atoms with Crippen molar-refractivity contribution in [2.75, 3.05) is 0 Å². The monoisotopic (exact) mass is 426 g/mol. The lowest BCUT2D eigenvalue weighted by Crippen LogP contribution is -2.16. The molecule has 0 spiro atoms. The summed E-state index contributed by atoms with van der Waals surface area (Å²) >= 11 is 0. The number of carbonyl (C=O) groups is 2. The number of nitrogens with two attached hydrogens (primary N) is 1. The van der Waals surface area contributed by atoms with Gasteiger partial charge in [-0.05, 0) is 42.0 Å². The fourth-order valence-corrected chi connectivity index (χ4v) is 3.50. The van der Waals surface area contributed by atoms with Crippen LogP contribution in [0.15, 0.2) is 72.9 Å². The average Bonchev–Trinajstić information content (AvgIpc) is 3.41. The van der Waals surface area contributed by atoms with Gasteiger partial charge in [-0.1, -0.05) is 30.3 Å². The number of aromatic nitrogens is 3. The van der Waals surface area contributed by atoms with E-state index in [0.717, 1.165) is 22.2 Å². The van der Waals surface area contributed by atoms with E-state index in [-0.39, 0.29) is 11.5 Å². The molecule has 32 heavy (non-hydrogen) atoms. The van der Waals surface area contributed by atoms with Crippen molar-refractivity contribution in [1.29, 1.82) is 0 Å². The van der Waals surface area contributed by atoms with E-state index in [2.05, 4.69) is 15.0 Å². The zero-order valence-electron chi connectivity index (χ0n) is 16.8. The third-order valence-corrected chi connectivity index (χ3v) is 4.99. The summed E-state index contributed by atoms with van der Waals surface area (Å²) in [7, 11) is 0. The molecule has 1 amide bonds. The standard InChI is InChI=1S/C24H18N4O4/c25-24(30)32-18-9-16-11-21(28-23(16)26-12-18)22(29)20-10-15-8-17(6-7-19(15)27-20)31-13-14-4-2-1-3-5-14/h1-12,27H,13H2,(H2,25,30)(H,26,28). The minimum atomic E-state index is -0.928. The van der Waals surface area contributed by atoms with Crippen LogP contribution < -0.4 is 15.2 Å². The van der Waals surface area contributed by atoms with Gasteiger partial charge in [-0.3, -0.25) is 4.79 Å². The molecule has 2 aromatic carbocycles. The Kier molecular flexibility index (Phi) is 4.79. The topological polar surface area (TPSA) is 123 Å². The van der Waals surface area contributed by atoms with Gasteiger partial charge in [-0.2, -0.15) is 0 Å². The Morgan fingerprint density at radius 2 is 1.62 bits per heavy atom. The molecule has 0 bridgehead atoms. The Labute approximate surface area is 182 Å². The lowest BCUT2D eigenvalue weighted by atomic mass is 10.2. The first-order chi connectivity index (χ1) is 15.5. The summed E-state index contributed by atoms with van der Waals surface area (Å²) in [5.74, 6) is 0.705. The number of carbonyl (C=O) groups excluding carboxylic acids is 2. The van der Waals surface area contributed by atoms with E-state index in [0.29, 0.717) is 29.0 Å². The number of fused-ring (bicyclic) bond motifs is 2. The van der Waals surface area contributed by atoms with Crippen LogP contribution in [-0.4, -0.2) is 26.8 Å². The second-order valence-corrected chi connectivity index (χ2v) is 7.25. The van der Waals surface area contributed by atoms with Crippen LogP contribution in [0.2, 0.25) is 0 Å². The SMILES string of the molecule is NC(=O)Oc1cnc2[nH]c(C(=O)c3cc4cc(OCc5ccccc5)ccc4[nH]3)cc2c1. The van der Waals surface area contributed by atoms with Gasteiger partial charge in [-0.25, -0.2) is 9.78 Å². The zero-order valence-corrected chi connectivity index (χ0v) is 16.8. The Bertz CT molecular complexity index is 1450. The molecule has 0 aliphatic carbocycles. The molecule has 3 heterocycles. The fourth-order valence-electron chi connectivity index (χ4n) is 3.50. The predicted octanol–water partition coefficient (Wildman–Crippen LogP) is 4.31. The third kappa shape index (κ3) is 3.89. The largest absolute Gasteiger partial charge is 0.489 e. The number of benzene rings is 2. The van der Waals surface area contributed by atoms with Gasteiger partial charge in [0.2, 0.25) is 5.78 Å². The second kappa shape index (κ2) is 7.92. The molecule has 0 saturated heterocycles. The van der Waals surface area contributed by atoms with Gasteiger partial charge in [0.15, 0.2) is 5.75 Å². The van der Waals surface area contributed by atoms with E-state index >= 15 is 0 Å². The molecular weight excluding hydrogens is 408 g/mol. The molecule has 0 saturated carbocycles. The summed E-state index contributed by atoms with van der Waals surface area (Å²) in [6.45, 7) is 0.464. The molecule has 8 nitrogen and oxygen atoms in total. The number of H-pyrrole nitrogens is 2. The number of ether oxygens (including phenoxy) is 2. The van der Waals surface area contributed by atoms with Gasteiger partial charge in [0, 0.05) is 16.3 Å². The van der Waals surface area contributed by atoms with Gasteiger partial charge in [-0.15, -0.1) is 0 Å². The minimum Gasteiger partial charge on any atom is -0.489 e. The molecule has 0 aliphatic heterocycles. The Morgan fingerprint density at radius 1 is 0.875 bits per heavy atom. The van der Waals surface area contributed by atoms with Crippen LogP contribution in [0.25, 0.3) is 21.9 Å². The summed E-state index contributed by atoms with van der Waals surface area (Å²) in [5, 5.41) is 1.49. The smallest absolute Gasteiger partial charge is 0.410 e. The summed E-state index contributed by atoms with van der Waals surface area (Å²) in [5.41, 5.74) is 8.22. The summed E-state index contributed by atoms with van der Waals surface area (Å²) in [4.78, 5) is 34.2. The highest BCUT2D eigenvalue weighted by atomic mass is 16.5. The Morgan fingerprint density at radius 3 is 2.44 bits per heavy atom. The number of rotatable bonds is 6. The Balaban J connectivity index is 1.38. The van der Waals surface area contributed by atoms with Gasteiger partial charge >= 0.3 is 6.09 Å². The van der Waals surface area contributed by atoms with Crippen LogP contribution in [0.5, 0.6) is 11.5 Å². The van der Waals surface area contributed by atoms with E-state index in [4.69, 9.17) is 15.2 Å². The molecule has 5 rings (SSSR count). The highest BCUT2D eigenvalue weighted by Gasteiger charge is 2.16.